The zero-order valence-corrected chi connectivity index (χ0v) is 9.97. The van der Waals surface area contributed by atoms with Gasteiger partial charge in [-0.3, -0.25) is 4.79 Å². The van der Waals surface area contributed by atoms with Crippen LogP contribution in [0.3, 0.4) is 0 Å². The first-order chi connectivity index (χ1) is 8.17. The molecule has 1 rings (SSSR count). The van der Waals surface area contributed by atoms with E-state index in [1.54, 1.807) is 26.4 Å². The van der Waals surface area contributed by atoms with E-state index in [0.717, 1.165) is 0 Å². The molecular weight excluding hydrogens is 222 g/mol. The summed E-state index contributed by atoms with van der Waals surface area (Å²) in [6.45, 7) is 0.810. The molecule has 1 unspecified atom stereocenters. The van der Waals surface area contributed by atoms with Gasteiger partial charge in [-0.15, -0.1) is 0 Å². The second-order valence-corrected chi connectivity index (χ2v) is 3.49. The third-order valence-electron chi connectivity index (χ3n) is 2.22. The van der Waals surface area contributed by atoms with Crippen molar-refractivity contribution >= 4 is 11.7 Å². The van der Waals surface area contributed by atoms with Crippen LogP contribution in [0.5, 0.6) is 0 Å². The molecule has 94 valence electrons. The highest BCUT2D eigenvalue weighted by atomic mass is 16.5. The Morgan fingerprint density at radius 1 is 1.53 bits per heavy atom. The summed E-state index contributed by atoms with van der Waals surface area (Å²) in [6, 6.07) is 3.20. The third-order valence-corrected chi connectivity index (χ3v) is 2.22. The monoisotopic (exact) mass is 239 g/mol. The highest BCUT2D eigenvalue weighted by Crippen LogP contribution is 2.01. The minimum Gasteiger partial charge on any atom is -0.384 e. The van der Waals surface area contributed by atoms with Gasteiger partial charge in [0.05, 0.1) is 18.3 Å². The fourth-order valence-electron chi connectivity index (χ4n) is 1.24. The summed E-state index contributed by atoms with van der Waals surface area (Å²) in [5.41, 5.74) is 5.90. The summed E-state index contributed by atoms with van der Waals surface area (Å²) in [6.07, 6.45) is 1.27. The summed E-state index contributed by atoms with van der Waals surface area (Å²) in [7, 11) is 3.15. The van der Waals surface area contributed by atoms with E-state index in [1.165, 1.54) is 6.20 Å². The molecule has 0 bridgehead atoms. The average molecular weight is 239 g/mol. The molecule has 0 aromatic carbocycles. The van der Waals surface area contributed by atoms with E-state index >= 15 is 0 Å². The minimum absolute atomic E-state index is 0.161. The largest absolute Gasteiger partial charge is 0.384 e. The van der Waals surface area contributed by atoms with Crippen molar-refractivity contribution in [3.63, 3.8) is 0 Å². The predicted molar refractivity (Wildman–Crippen MR) is 63.7 cm³/mol. The van der Waals surface area contributed by atoms with E-state index < -0.39 is 0 Å². The molecule has 0 aliphatic heterocycles. The van der Waals surface area contributed by atoms with Crippen molar-refractivity contribution in [3.05, 3.63) is 23.9 Å². The molecule has 0 saturated carbocycles. The van der Waals surface area contributed by atoms with Crippen LogP contribution in [0.2, 0.25) is 0 Å². The number of pyridine rings is 1. The number of hydrogen-bond donors (Lipinski definition) is 2. The zero-order chi connectivity index (χ0) is 12.7. The molecular formula is C11H17N3O3. The van der Waals surface area contributed by atoms with Crippen LogP contribution >= 0.6 is 0 Å². The van der Waals surface area contributed by atoms with Gasteiger partial charge in [-0.2, -0.15) is 0 Å². The first-order valence-electron chi connectivity index (χ1n) is 5.18. The molecule has 6 nitrogen and oxygen atoms in total. The highest BCUT2D eigenvalue weighted by molar-refractivity contribution is 5.94. The zero-order valence-electron chi connectivity index (χ0n) is 9.97. The molecule has 17 heavy (non-hydrogen) atoms. The number of ether oxygens (including phenoxy) is 2. The summed E-state index contributed by atoms with van der Waals surface area (Å²) in [5, 5.41) is 2.73. The van der Waals surface area contributed by atoms with Crippen molar-refractivity contribution in [2.24, 2.45) is 0 Å². The second-order valence-electron chi connectivity index (χ2n) is 3.49. The van der Waals surface area contributed by atoms with Crippen LogP contribution in [0, 0.1) is 0 Å². The Hall–Kier alpha value is -1.66. The molecule has 0 aliphatic carbocycles. The fourth-order valence-corrected chi connectivity index (χ4v) is 1.24. The maximum atomic E-state index is 11.7. The minimum atomic E-state index is -0.212. The van der Waals surface area contributed by atoms with Gasteiger partial charge in [0, 0.05) is 27.0 Å². The summed E-state index contributed by atoms with van der Waals surface area (Å²) >= 11 is 0. The molecule has 0 aliphatic rings. The van der Waals surface area contributed by atoms with Gasteiger partial charge in [0.25, 0.3) is 5.91 Å². The van der Waals surface area contributed by atoms with Crippen molar-refractivity contribution in [3.8, 4) is 0 Å². The first kappa shape index (κ1) is 13.4. The number of nitrogens with zero attached hydrogens (tertiary/aromatic N) is 1. The number of carbonyl (C=O) groups is 1. The van der Waals surface area contributed by atoms with Gasteiger partial charge in [-0.1, -0.05) is 0 Å². The van der Waals surface area contributed by atoms with Crippen molar-refractivity contribution in [2.75, 3.05) is 33.1 Å². The first-order valence-corrected chi connectivity index (χ1v) is 5.18. The Morgan fingerprint density at radius 3 is 2.82 bits per heavy atom. The number of nitrogens with one attached hydrogen (secondary N) is 1. The van der Waals surface area contributed by atoms with Gasteiger partial charge < -0.3 is 20.5 Å². The molecule has 3 N–H and O–H groups in total. The molecule has 6 heteroatoms. The summed E-state index contributed by atoms with van der Waals surface area (Å²) < 4.78 is 10.1. The van der Waals surface area contributed by atoms with Gasteiger partial charge in [0.1, 0.15) is 5.82 Å². The lowest BCUT2D eigenvalue weighted by Crippen LogP contribution is -2.35. The van der Waals surface area contributed by atoms with E-state index in [4.69, 9.17) is 15.2 Å². The molecule has 1 heterocycles. The lowest BCUT2D eigenvalue weighted by Gasteiger charge is -2.14. The topological polar surface area (TPSA) is 86.5 Å². The average Bonchev–Trinajstić information content (AvgIpc) is 2.35. The third kappa shape index (κ3) is 4.38. The number of anilines is 1. The van der Waals surface area contributed by atoms with Gasteiger partial charge in [-0.25, -0.2) is 4.98 Å². The van der Waals surface area contributed by atoms with E-state index in [-0.39, 0.29) is 12.0 Å². The van der Waals surface area contributed by atoms with Crippen LogP contribution in [-0.4, -0.2) is 44.4 Å². The van der Waals surface area contributed by atoms with Crippen LogP contribution in [0.25, 0.3) is 0 Å². The maximum Gasteiger partial charge on any atom is 0.252 e. The Bertz CT molecular complexity index is 353. The molecule has 1 aromatic heterocycles. The number of nitrogens with two attached hydrogens (primary N) is 1. The standard InChI is InChI=1S/C11H17N3O3/c1-16-7-9(17-2)6-14-11(15)8-3-4-10(12)13-5-8/h3-5,9H,6-7H2,1-2H3,(H2,12,13)(H,14,15). The number of aromatic nitrogens is 1. The Balaban J connectivity index is 2.46. The van der Waals surface area contributed by atoms with Crippen molar-refractivity contribution in [1.82, 2.24) is 10.3 Å². The van der Waals surface area contributed by atoms with Crippen molar-refractivity contribution in [2.45, 2.75) is 6.10 Å². The predicted octanol–water partition coefficient (Wildman–Crippen LogP) is 0.0550. The smallest absolute Gasteiger partial charge is 0.252 e. The quantitative estimate of drug-likeness (QED) is 0.732. The number of methoxy groups -OCH3 is 2. The lowest BCUT2D eigenvalue weighted by atomic mass is 10.2. The molecule has 0 spiro atoms. The van der Waals surface area contributed by atoms with Crippen LogP contribution < -0.4 is 11.1 Å². The van der Waals surface area contributed by atoms with Gasteiger partial charge in [0.2, 0.25) is 0 Å². The Morgan fingerprint density at radius 2 is 2.29 bits per heavy atom. The van der Waals surface area contributed by atoms with E-state index in [2.05, 4.69) is 10.3 Å². The molecule has 1 aromatic rings. The molecule has 0 saturated heterocycles. The summed E-state index contributed by atoms with van der Waals surface area (Å²) in [4.78, 5) is 15.5. The molecule has 0 radical (unpaired) electrons. The molecule has 1 atom stereocenters. The second kappa shape index (κ2) is 6.82. The van der Waals surface area contributed by atoms with Crippen LogP contribution in [0.4, 0.5) is 5.82 Å². The van der Waals surface area contributed by atoms with Crippen LogP contribution in [-0.2, 0) is 9.47 Å². The maximum absolute atomic E-state index is 11.7. The lowest BCUT2D eigenvalue weighted by molar-refractivity contribution is 0.0285. The SMILES string of the molecule is COCC(CNC(=O)c1ccc(N)nc1)OC. The van der Waals surface area contributed by atoms with Crippen molar-refractivity contribution < 1.29 is 14.3 Å². The van der Waals surface area contributed by atoms with E-state index in [0.29, 0.717) is 24.5 Å². The van der Waals surface area contributed by atoms with Gasteiger partial charge in [-0.05, 0) is 12.1 Å². The number of nitrogen functional groups attached to an aromatic ring is 1. The Labute approximate surface area is 100 Å². The molecule has 1 amide bonds. The van der Waals surface area contributed by atoms with E-state index in [1.807, 2.05) is 0 Å². The van der Waals surface area contributed by atoms with Crippen LogP contribution in [0.1, 0.15) is 10.4 Å². The Kier molecular flexibility index (Phi) is 5.38. The van der Waals surface area contributed by atoms with Crippen molar-refractivity contribution in [1.29, 1.82) is 0 Å². The number of hydrogen-bond acceptors (Lipinski definition) is 5. The highest BCUT2D eigenvalue weighted by Gasteiger charge is 2.10. The number of amides is 1. The fraction of sp³-hybridized carbons (Fsp3) is 0.455. The normalized spacial score (nSPS) is 12.1. The summed E-state index contributed by atoms with van der Waals surface area (Å²) in [5.74, 6) is 0.173. The molecule has 0 fully saturated rings. The van der Waals surface area contributed by atoms with Crippen LogP contribution in [0.15, 0.2) is 18.3 Å². The van der Waals surface area contributed by atoms with Gasteiger partial charge >= 0.3 is 0 Å². The van der Waals surface area contributed by atoms with E-state index in [9.17, 15) is 4.79 Å². The van der Waals surface area contributed by atoms with Gasteiger partial charge in [0.15, 0.2) is 0 Å². The number of rotatable bonds is 6. The number of carbonyl (C=O) groups excluding carboxylic acids is 1.